The number of aryl methyl sites for hydroxylation is 1. The summed E-state index contributed by atoms with van der Waals surface area (Å²) >= 11 is 0. The van der Waals surface area contributed by atoms with Crippen molar-refractivity contribution in [1.82, 2.24) is 14.1 Å². The van der Waals surface area contributed by atoms with Gasteiger partial charge in [-0.3, -0.25) is 9.69 Å². The average molecular weight is 434 g/mol. The van der Waals surface area contributed by atoms with Gasteiger partial charge in [-0.05, 0) is 49.7 Å². The van der Waals surface area contributed by atoms with Crippen molar-refractivity contribution in [1.29, 1.82) is 0 Å². The quantitative estimate of drug-likeness (QED) is 0.702. The van der Waals surface area contributed by atoms with Crippen LogP contribution in [-0.2, 0) is 21.4 Å². The van der Waals surface area contributed by atoms with E-state index >= 15 is 0 Å². The van der Waals surface area contributed by atoms with E-state index in [4.69, 9.17) is 0 Å². The topological polar surface area (TPSA) is 60.9 Å². The van der Waals surface area contributed by atoms with Crippen molar-refractivity contribution in [3.05, 3.63) is 65.5 Å². The normalized spacial score (nSPS) is 16.2. The number of halogens is 1. The first kappa shape index (κ1) is 22.4. The number of carbonyl (C=O) groups excluding carboxylic acids is 1. The van der Waals surface area contributed by atoms with Gasteiger partial charge in [0.1, 0.15) is 5.82 Å². The van der Waals surface area contributed by atoms with Crippen LogP contribution in [0.2, 0.25) is 0 Å². The van der Waals surface area contributed by atoms with E-state index < -0.39 is 10.0 Å². The van der Waals surface area contributed by atoms with Crippen LogP contribution in [-0.4, -0.2) is 68.2 Å². The Bertz CT molecular complexity index is 962. The van der Waals surface area contributed by atoms with Crippen LogP contribution >= 0.6 is 0 Å². The van der Waals surface area contributed by atoms with Gasteiger partial charge in [0.15, 0.2) is 0 Å². The van der Waals surface area contributed by atoms with Crippen molar-refractivity contribution in [3.63, 3.8) is 0 Å². The second-order valence-electron chi connectivity index (χ2n) is 7.72. The number of sulfonamides is 1. The molecule has 0 N–H and O–H groups in total. The van der Waals surface area contributed by atoms with Gasteiger partial charge >= 0.3 is 0 Å². The number of rotatable bonds is 6. The van der Waals surface area contributed by atoms with Crippen molar-refractivity contribution in [2.45, 2.75) is 24.8 Å². The Hall–Kier alpha value is -2.29. The first-order valence-corrected chi connectivity index (χ1v) is 11.5. The van der Waals surface area contributed by atoms with E-state index in [1.165, 1.54) is 16.4 Å². The van der Waals surface area contributed by atoms with Crippen LogP contribution in [0.5, 0.6) is 0 Å². The lowest BCUT2D eigenvalue weighted by molar-refractivity contribution is -0.131. The number of nitrogens with zero attached hydrogens (tertiary/aromatic N) is 3. The maximum absolute atomic E-state index is 13.0. The van der Waals surface area contributed by atoms with Gasteiger partial charge < -0.3 is 4.90 Å². The van der Waals surface area contributed by atoms with Gasteiger partial charge in [-0.1, -0.05) is 29.8 Å². The Morgan fingerprint density at radius 1 is 1.00 bits per heavy atom. The predicted molar refractivity (Wildman–Crippen MR) is 114 cm³/mol. The van der Waals surface area contributed by atoms with Crippen LogP contribution in [0.25, 0.3) is 0 Å². The monoisotopic (exact) mass is 433 g/mol. The standard InChI is InChI=1S/C22H28FN3O3S/c1-18-4-10-21(11-5-18)30(28,29)26-13-3-12-25(14-15-26)17-22(27)24(2)16-19-6-8-20(23)9-7-19/h4-11H,3,12-17H2,1-2H3. The average Bonchev–Trinajstić information content (AvgIpc) is 2.96. The van der Waals surface area contributed by atoms with Crippen LogP contribution in [0.4, 0.5) is 4.39 Å². The summed E-state index contributed by atoms with van der Waals surface area (Å²) in [5.41, 5.74) is 1.87. The van der Waals surface area contributed by atoms with Gasteiger partial charge in [0, 0.05) is 33.2 Å². The largest absolute Gasteiger partial charge is 0.340 e. The van der Waals surface area contributed by atoms with E-state index in [-0.39, 0.29) is 18.3 Å². The summed E-state index contributed by atoms with van der Waals surface area (Å²) in [7, 11) is -1.81. The number of carbonyl (C=O) groups is 1. The highest BCUT2D eigenvalue weighted by Crippen LogP contribution is 2.18. The fourth-order valence-corrected chi connectivity index (χ4v) is 4.94. The number of hydrogen-bond acceptors (Lipinski definition) is 4. The minimum absolute atomic E-state index is 0.0471. The van der Waals surface area contributed by atoms with E-state index in [1.807, 2.05) is 11.8 Å². The lowest BCUT2D eigenvalue weighted by Gasteiger charge is -2.24. The molecule has 0 unspecified atom stereocenters. The zero-order valence-electron chi connectivity index (χ0n) is 17.4. The maximum atomic E-state index is 13.0. The molecule has 0 radical (unpaired) electrons. The molecule has 6 nitrogen and oxygen atoms in total. The summed E-state index contributed by atoms with van der Waals surface area (Å²) in [6.07, 6.45) is 0.667. The van der Waals surface area contributed by atoms with Gasteiger partial charge in [0.25, 0.3) is 0 Å². The molecule has 162 valence electrons. The summed E-state index contributed by atoms with van der Waals surface area (Å²) in [6.45, 7) is 4.51. The van der Waals surface area contributed by atoms with Crippen LogP contribution in [0.3, 0.4) is 0 Å². The molecule has 8 heteroatoms. The van der Waals surface area contributed by atoms with Gasteiger partial charge in [-0.2, -0.15) is 4.31 Å². The lowest BCUT2D eigenvalue weighted by Crippen LogP contribution is -2.40. The number of benzene rings is 2. The van der Waals surface area contributed by atoms with Crippen molar-refractivity contribution in [3.8, 4) is 0 Å². The molecule has 3 rings (SSSR count). The molecule has 0 saturated carbocycles. The molecule has 2 aromatic carbocycles. The first-order valence-electron chi connectivity index (χ1n) is 10.0. The Morgan fingerprint density at radius 2 is 1.67 bits per heavy atom. The minimum Gasteiger partial charge on any atom is -0.340 e. The lowest BCUT2D eigenvalue weighted by atomic mass is 10.2. The molecule has 1 aliphatic rings. The predicted octanol–water partition coefficient (Wildman–Crippen LogP) is 2.49. The van der Waals surface area contributed by atoms with Crippen LogP contribution in [0.1, 0.15) is 17.5 Å². The molecule has 1 fully saturated rings. The minimum atomic E-state index is -3.53. The summed E-state index contributed by atoms with van der Waals surface area (Å²) in [5.74, 6) is -0.350. The summed E-state index contributed by atoms with van der Waals surface area (Å²) in [5, 5.41) is 0. The van der Waals surface area contributed by atoms with Gasteiger partial charge in [-0.25, -0.2) is 12.8 Å². The fraction of sp³-hybridized carbons (Fsp3) is 0.409. The van der Waals surface area contributed by atoms with Gasteiger partial charge in [-0.15, -0.1) is 0 Å². The van der Waals surface area contributed by atoms with Crippen molar-refractivity contribution in [2.75, 3.05) is 39.8 Å². The summed E-state index contributed by atoms with van der Waals surface area (Å²) < 4.78 is 40.4. The van der Waals surface area contributed by atoms with Crippen molar-refractivity contribution in [2.24, 2.45) is 0 Å². The van der Waals surface area contributed by atoms with Crippen molar-refractivity contribution >= 4 is 15.9 Å². The fourth-order valence-electron chi connectivity index (χ4n) is 3.47. The number of likely N-dealkylation sites (N-methyl/N-ethyl adjacent to an activating group) is 1. The van der Waals surface area contributed by atoms with E-state index in [1.54, 1.807) is 48.3 Å². The third-order valence-corrected chi connectivity index (χ3v) is 7.24. The van der Waals surface area contributed by atoms with Gasteiger partial charge in [0.05, 0.1) is 11.4 Å². The molecule has 2 aromatic rings. The summed E-state index contributed by atoms with van der Waals surface area (Å²) in [6, 6.07) is 13.0. The molecule has 1 amide bonds. The molecule has 0 aromatic heterocycles. The van der Waals surface area contributed by atoms with E-state index in [2.05, 4.69) is 0 Å². The molecule has 1 aliphatic heterocycles. The zero-order valence-corrected chi connectivity index (χ0v) is 18.2. The number of amides is 1. The second-order valence-corrected chi connectivity index (χ2v) is 9.66. The van der Waals surface area contributed by atoms with Crippen LogP contribution in [0.15, 0.2) is 53.4 Å². The van der Waals surface area contributed by atoms with E-state index in [0.717, 1.165) is 11.1 Å². The number of hydrogen-bond donors (Lipinski definition) is 0. The molecular weight excluding hydrogens is 405 g/mol. The highest BCUT2D eigenvalue weighted by molar-refractivity contribution is 7.89. The van der Waals surface area contributed by atoms with E-state index in [0.29, 0.717) is 44.0 Å². The van der Waals surface area contributed by atoms with Gasteiger partial charge in [0.2, 0.25) is 15.9 Å². The van der Waals surface area contributed by atoms with Crippen molar-refractivity contribution < 1.29 is 17.6 Å². The first-order chi connectivity index (χ1) is 14.3. The molecular formula is C22H28FN3O3S. The van der Waals surface area contributed by atoms with Crippen LogP contribution < -0.4 is 0 Å². The molecule has 1 heterocycles. The Labute approximate surface area is 177 Å². The Kier molecular flexibility index (Phi) is 7.23. The molecule has 0 bridgehead atoms. The van der Waals surface area contributed by atoms with E-state index in [9.17, 15) is 17.6 Å². The SMILES string of the molecule is Cc1ccc(S(=O)(=O)N2CCCN(CC(=O)N(C)Cc3ccc(F)cc3)CC2)cc1. The highest BCUT2D eigenvalue weighted by atomic mass is 32.2. The maximum Gasteiger partial charge on any atom is 0.243 e. The molecule has 0 atom stereocenters. The molecule has 0 spiro atoms. The zero-order chi connectivity index (χ0) is 21.7. The second kappa shape index (κ2) is 9.68. The Morgan fingerprint density at radius 3 is 2.33 bits per heavy atom. The van der Waals surface area contributed by atoms with Crippen LogP contribution in [0, 0.1) is 12.7 Å². The Balaban J connectivity index is 1.56. The molecule has 0 aliphatic carbocycles. The third-order valence-electron chi connectivity index (χ3n) is 5.32. The molecule has 1 saturated heterocycles. The highest BCUT2D eigenvalue weighted by Gasteiger charge is 2.27. The molecule has 30 heavy (non-hydrogen) atoms. The third kappa shape index (κ3) is 5.65. The smallest absolute Gasteiger partial charge is 0.243 e. The summed E-state index contributed by atoms with van der Waals surface area (Å²) in [4.78, 5) is 16.5.